The average Bonchev–Trinajstić information content (AvgIpc) is 2.59. The average molecular weight is 178 g/mol. The Kier molecular flexibility index (Phi) is 2.37. The molecule has 0 unspecified atom stereocenters. The van der Waals surface area contributed by atoms with Crippen LogP contribution in [0, 0.1) is 0 Å². The molecule has 0 aromatic heterocycles. The first-order valence-electron chi connectivity index (χ1n) is 3.98. The molecule has 2 aliphatic rings. The summed E-state index contributed by atoms with van der Waals surface area (Å²) in [4.78, 5) is 1.36. The maximum absolute atomic E-state index is 5.41. The second kappa shape index (κ2) is 3.68. The lowest BCUT2D eigenvalue weighted by Gasteiger charge is -2.10. The van der Waals surface area contributed by atoms with Gasteiger partial charge in [0.05, 0.1) is 0 Å². The summed E-state index contributed by atoms with van der Waals surface area (Å²) in [5.41, 5.74) is 0. The molecule has 0 saturated carbocycles. The van der Waals surface area contributed by atoms with Gasteiger partial charge in [-0.15, -0.1) is 0 Å². The van der Waals surface area contributed by atoms with E-state index < -0.39 is 0 Å². The zero-order valence-corrected chi connectivity index (χ0v) is 7.51. The van der Waals surface area contributed by atoms with Gasteiger partial charge in [-0.2, -0.15) is 0 Å². The standard InChI is InChI=1S/C10H10OS/c1-2-6-9(5-1)12-10-7-3-4-8-11-10/h1-5,7H,6,8H2. The molecule has 0 aromatic rings. The highest BCUT2D eigenvalue weighted by atomic mass is 32.2. The third-order valence-corrected chi connectivity index (χ3v) is 2.68. The Labute approximate surface area is 76.5 Å². The number of hydrogen-bond donors (Lipinski definition) is 0. The van der Waals surface area contributed by atoms with Crippen molar-refractivity contribution in [2.24, 2.45) is 0 Å². The van der Waals surface area contributed by atoms with Crippen LogP contribution in [-0.2, 0) is 4.74 Å². The monoisotopic (exact) mass is 178 g/mol. The largest absolute Gasteiger partial charge is 0.483 e. The van der Waals surface area contributed by atoms with E-state index in [0.717, 1.165) is 11.5 Å². The van der Waals surface area contributed by atoms with Gasteiger partial charge < -0.3 is 4.74 Å². The molecule has 1 aliphatic carbocycles. The van der Waals surface area contributed by atoms with E-state index in [1.54, 1.807) is 11.8 Å². The molecule has 0 amide bonds. The third-order valence-electron chi connectivity index (χ3n) is 1.66. The van der Waals surface area contributed by atoms with E-state index in [2.05, 4.69) is 18.2 Å². The number of thioether (sulfide) groups is 1. The van der Waals surface area contributed by atoms with Crippen LogP contribution in [0.15, 0.2) is 46.5 Å². The van der Waals surface area contributed by atoms with E-state index in [0.29, 0.717) is 6.61 Å². The zero-order chi connectivity index (χ0) is 8.23. The summed E-state index contributed by atoms with van der Waals surface area (Å²) in [5, 5.41) is 1.01. The van der Waals surface area contributed by atoms with Crippen molar-refractivity contribution in [2.45, 2.75) is 6.42 Å². The molecule has 0 saturated heterocycles. The molecule has 2 heteroatoms. The lowest BCUT2D eigenvalue weighted by molar-refractivity contribution is 0.274. The van der Waals surface area contributed by atoms with E-state index >= 15 is 0 Å². The van der Waals surface area contributed by atoms with Gasteiger partial charge in [0.1, 0.15) is 6.61 Å². The van der Waals surface area contributed by atoms with Gasteiger partial charge in [-0.25, -0.2) is 0 Å². The molecule has 0 aromatic carbocycles. The van der Waals surface area contributed by atoms with Crippen LogP contribution >= 0.6 is 11.8 Å². The van der Waals surface area contributed by atoms with Gasteiger partial charge in [-0.1, -0.05) is 36.1 Å². The number of allylic oxidation sites excluding steroid dienone is 6. The SMILES string of the molecule is C1=CCOC(SC2=CC=CC2)=C1. The van der Waals surface area contributed by atoms with Crippen molar-refractivity contribution in [3.05, 3.63) is 46.5 Å². The summed E-state index contributed by atoms with van der Waals surface area (Å²) in [7, 11) is 0. The third kappa shape index (κ3) is 1.83. The minimum atomic E-state index is 0.708. The summed E-state index contributed by atoms with van der Waals surface area (Å²) in [6.45, 7) is 0.708. The van der Waals surface area contributed by atoms with E-state index in [-0.39, 0.29) is 0 Å². The second-order valence-electron chi connectivity index (χ2n) is 2.59. The highest BCUT2D eigenvalue weighted by molar-refractivity contribution is 8.06. The molecule has 0 spiro atoms. The van der Waals surface area contributed by atoms with Gasteiger partial charge in [-0.05, 0) is 23.5 Å². The van der Waals surface area contributed by atoms with Gasteiger partial charge in [-0.3, -0.25) is 0 Å². The molecule has 1 aliphatic heterocycles. The van der Waals surface area contributed by atoms with Crippen LogP contribution in [0.25, 0.3) is 0 Å². The lowest BCUT2D eigenvalue weighted by Crippen LogP contribution is -1.92. The molecule has 1 nitrogen and oxygen atoms in total. The first kappa shape index (κ1) is 7.74. The van der Waals surface area contributed by atoms with Crippen LogP contribution in [0.5, 0.6) is 0 Å². The molecule has 1 heterocycles. The van der Waals surface area contributed by atoms with Crippen molar-refractivity contribution in [1.82, 2.24) is 0 Å². The van der Waals surface area contributed by atoms with Crippen LogP contribution in [0.1, 0.15) is 6.42 Å². The first-order valence-corrected chi connectivity index (χ1v) is 4.80. The Morgan fingerprint density at radius 2 is 2.08 bits per heavy atom. The van der Waals surface area contributed by atoms with Crippen LogP contribution in [-0.4, -0.2) is 6.61 Å². The minimum absolute atomic E-state index is 0.708. The van der Waals surface area contributed by atoms with Crippen molar-refractivity contribution in [1.29, 1.82) is 0 Å². The molecule has 62 valence electrons. The van der Waals surface area contributed by atoms with E-state index in [4.69, 9.17) is 4.74 Å². The summed E-state index contributed by atoms with van der Waals surface area (Å²) >= 11 is 1.71. The van der Waals surface area contributed by atoms with Gasteiger partial charge in [0.2, 0.25) is 0 Å². The molecule has 0 bridgehead atoms. The quantitative estimate of drug-likeness (QED) is 0.643. The molecule has 2 rings (SSSR count). The Morgan fingerprint density at radius 1 is 1.17 bits per heavy atom. The summed E-state index contributed by atoms with van der Waals surface area (Å²) in [6.07, 6.45) is 13.5. The molecular weight excluding hydrogens is 168 g/mol. The fraction of sp³-hybridized carbons (Fsp3) is 0.200. The van der Waals surface area contributed by atoms with Crippen LogP contribution in [0.3, 0.4) is 0 Å². The predicted molar refractivity (Wildman–Crippen MR) is 52.6 cm³/mol. The van der Waals surface area contributed by atoms with Crippen LogP contribution < -0.4 is 0 Å². The minimum Gasteiger partial charge on any atom is -0.483 e. The van der Waals surface area contributed by atoms with Crippen molar-refractivity contribution >= 4 is 11.8 Å². The second-order valence-corrected chi connectivity index (χ2v) is 3.72. The first-order chi connectivity index (χ1) is 5.95. The van der Waals surface area contributed by atoms with Crippen molar-refractivity contribution in [3.8, 4) is 0 Å². The summed E-state index contributed by atoms with van der Waals surface area (Å²) in [6, 6.07) is 0. The van der Waals surface area contributed by atoms with Gasteiger partial charge >= 0.3 is 0 Å². The Hall–Kier alpha value is -0.890. The molecule has 0 radical (unpaired) electrons. The van der Waals surface area contributed by atoms with E-state index in [1.165, 1.54) is 4.91 Å². The normalized spacial score (nSPS) is 20.3. The van der Waals surface area contributed by atoms with Gasteiger partial charge in [0.25, 0.3) is 0 Å². The summed E-state index contributed by atoms with van der Waals surface area (Å²) < 4.78 is 5.41. The van der Waals surface area contributed by atoms with Crippen LogP contribution in [0.2, 0.25) is 0 Å². The fourth-order valence-electron chi connectivity index (χ4n) is 1.08. The Bertz CT molecular complexity index is 284. The topological polar surface area (TPSA) is 9.23 Å². The molecule has 0 N–H and O–H groups in total. The molecule has 0 atom stereocenters. The maximum Gasteiger partial charge on any atom is 0.158 e. The van der Waals surface area contributed by atoms with Gasteiger partial charge in [0.15, 0.2) is 5.09 Å². The van der Waals surface area contributed by atoms with Crippen LogP contribution in [0.4, 0.5) is 0 Å². The highest BCUT2D eigenvalue weighted by Gasteiger charge is 2.06. The van der Waals surface area contributed by atoms with Gasteiger partial charge in [0, 0.05) is 0 Å². The van der Waals surface area contributed by atoms with E-state index in [1.807, 2.05) is 18.2 Å². The number of rotatable bonds is 2. The number of ether oxygens (including phenoxy) is 1. The van der Waals surface area contributed by atoms with Crippen molar-refractivity contribution in [2.75, 3.05) is 6.61 Å². The Morgan fingerprint density at radius 3 is 2.75 bits per heavy atom. The zero-order valence-electron chi connectivity index (χ0n) is 6.69. The highest BCUT2D eigenvalue weighted by Crippen LogP contribution is 2.32. The molecular formula is C10H10OS. The molecule has 12 heavy (non-hydrogen) atoms. The van der Waals surface area contributed by atoms with E-state index in [9.17, 15) is 0 Å². The Balaban J connectivity index is 1.94. The summed E-state index contributed by atoms with van der Waals surface area (Å²) in [5.74, 6) is 0. The maximum atomic E-state index is 5.41. The lowest BCUT2D eigenvalue weighted by atomic mass is 10.4. The number of hydrogen-bond acceptors (Lipinski definition) is 2. The van der Waals surface area contributed by atoms with Crippen molar-refractivity contribution in [3.63, 3.8) is 0 Å². The molecule has 0 fully saturated rings. The predicted octanol–water partition coefficient (Wildman–Crippen LogP) is 2.99. The smallest absolute Gasteiger partial charge is 0.158 e. The van der Waals surface area contributed by atoms with Crippen molar-refractivity contribution < 1.29 is 4.74 Å². The fourth-order valence-corrected chi connectivity index (χ4v) is 1.93.